The van der Waals surface area contributed by atoms with E-state index in [1.165, 1.54) is 141 Å². The van der Waals surface area contributed by atoms with E-state index in [9.17, 15) is 19.4 Å². The summed E-state index contributed by atoms with van der Waals surface area (Å²) in [4.78, 5) is 23.1. The Morgan fingerprint density at radius 3 is 1.30 bits per heavy atom. The van der Waals surface area contributed by atoms with Crippen molar-refractivity contribution in [1.82, 2.24) is 5.32 Å². The molecule has 3 unspecified atom stereocenters. The van der Waals surface area contributed by atoms with Crippen LogP contribution in [0.15, 0.2) is 97.2 Å². The summed E-state index contributed by atoms with van der Waals surface area (Å²) in [7, 11) is 1.55. The van der Waals surface area contributed by atoms with Gasteiger partial charge in [0.1, 0.15) is 13.2 Å². The van der Waals surface area contributed by atoms with Crippen LogP contribution in [0.1, 0.15) is 239 Å². The summed E-state index contributed by atoms with van der Waals surface area (Å²) < 4.78 is 23.5. The predicted molar refractivity (Wildman–Crippen MR) is 309 cm³/mol. The van der Waals surface area contributed by atoms with Crippen LogP contribution in [0.4, 0.5) is 0 Å². The largest absolute Gasteiger partial charge is 0.472 e. The van der Waals surface area contributed by atoms with Gasteiger partial charge in [-0.05, 0) is 77.0 Å². The van der Waals surface area contributed by atoms with Gasteiger partial charge in [0.25, 0.3) is 0 Å². The number of nitrogens with zero attached hydrogens (tertiary/aromatic N) is 1. The second-order valence-corrected chi connectivity index (χ2v) is 22.1. The van der Waals surface area contributed by atoms with E-state index in [4.69, 9.17) is 9.05 Å². The molecule has 0 aromatic heterocycles. The molecule has 3 atom stereocenters. The number of unbranched alkanes of at least 4 members (excludes halogenated alkanes) is 25. The minimum absolute atomic E-state index is 0.0541. The molecule has 410 valence electrons. The Bertz CT molecular complexity index is 1470. The molecule has 0 aromatic rings. The number of rotatable bonds is 52. The highest BCUT2D eigenvalue weighted by molar-refractivity contribution is 7.47. The zero-order chi connectivity index (χ0) is 52.0. The van der Waals surface area contributed by atoms with Crippen molar-refractivity contribution in [1.29, 1.82) is 0 Å². The molecule has 3 N–H and O–H groups in total. The standard InChI is InChI=1S/C62H111N2O6P/c1-6-8-10-12-14-16-17-18-19-20-21-22-23-24-25-26-27-28-29-30-31-32-33-34-35-36-37-38-39-40-41-42-43-44-45-46-47-48-50-52-54-56-62(66)63-60(59-70-71(67,68)69-58-57-64(3,4)5)61(65)55-53-51-49-15-13-11-9-7-2/h8,10,13-16,18-19,21-22,24-25,27-28,53,55,60-61,65H,6-7,9,11-12,17,20,23,26,29-52,54,56-59H2,1-5H3,(H-,63,66,67,68)/p+1/b10-8-,15-13+,16-14-,19-18-,22-21-,25-24-,28-27-,55-53+. The monoisotopic (exact) mass is 1010 g/mol. The smallest absolute Gasteiger partial charge is 0.387 e. The van der Waals surface area contributed by atoms with Crippen LogP contribution < -0.4 is 5.32 Å². The number of allylic oxidation sites excluding steroid dienone is 15. The topological polar surface area (TPSA) is 105 Å². The van der Waals surface area contributed by atoms with E-state index in [2.05, 4.69) is 104 Å². The predicted octanol–water partition coefficient (Wildman–Crippen LogP) is 17.8. The number of amides is 1. The van der Waals surface area contributed by atoms with E-state index in [0.29, 0.717) is 17.4 Å². The summed E-state index contributed by atoms with van der Waals surface area (Å²) >= 11 is 0. The average Bonchev–Trinajstić information content (AvgIpc) is 3.33. The highest BCUT2D eigenvalue weighted by atomic mass is 31.2. The lowest BCUT2D eigenvalue weighted by molar-refractivity contribution is -0.870. The summed E-state index contributed by atoms with van der Waals surface area (Å²) in [5, 5.41) is 13.8. The highest BCUT2D eigenvalue weighted by Gasteiger charge is 2.27. The Labute approximate surface area is 439 Å². The van der Waals surface area contributed by atoms with Gasteiger partial charge < -0.3 is 19.8 Å². The zero-order valence-electron chi connectivity index (χ0n) is 46.7. The van der Waals surface area contributed by atoms with Crippen LogP contribution in [0.25, 0.3) is 0 Å². The quantitative estimate of drug-likeness (QED) is 0.0243. The first-order valence-corrected chi connectivity index (χ1v) is 30.6. The number of aliphatic hydroxyl groups excluding tert-OH is 1. The van der Waals surface area contributed by atoms with Crippen molar-refractivity contribution < 1.29 is 32.9 Å². The highest BCUT2D eigenvalue weighted by Crippen LogP contribution is 2.43. The summed E-state index contributed by atoms with van der Waals surface area (Å²) in [5.74, 6) is -0.190. The molecule has 0 bridgehead atoms. The fourth-order valence-corrected chi connectivity index (χ4v) is 8.73. The van der Waals surface area contributed by atoms with Gasteiger partial charge in [-0.3, -0.25) is 13.8 Å². The number of quaternary nitrogens is 1. The van der Waals surface area contributed by atoms with E-state index < -0.39 is 20.0 Å². The molecule has 0 aromatic carbocycles. The van der Waals surface area contributed by atoms with Gasteiger partial charge in [-0.2, -0.15) is 0 Å². The number of carbonyl (C=O) groups is 1. The lowest BCUT2D eigenvalue weighted by Gasteiger charge is -2.25. The molecule has 0 aliphatic carbocycles. The van der Waals surface area contributed by atoms with Gasteiger partial charge in [0, 0.05) is 6.42 Å². The third-order valence-electron chi connectivity index (χ3n) is 12.5. The van der Waals surface area contributed by atoms with Crippen LogP contribution in [0.5, 0.6) is 0 Å². The third kappa shape index (κ3) is 55.0. The van der Waals surface area contributed by atoms with Gasteiger partial charge in [-0.15, -0.1) is 0 Å². The van der Waals surface area contributed by atoms with Crippen molar-refractivity contribution in [3.8, 4) is 0 Å². The van der Waals surface area contributed by atoms with Crippen LogP contribution in [0.2, 0.25) is 0 Å². The Morgan fingerprint density at radius 2 is 0.859 bits per heavy atom. The minimum Gasteiger partial charge on any atom is -0.387 e. The third-order valence-corrected chi connectivity index (χ3v) is 13.5. The number of phosphoric acid groups is 1. The molecule has 0 rings (SSSR count). The molecule has 0 spiro atoms. The first-order chi connectivity index (χ1) is 34.5. The van der Waals surface area contributed by atoms with Gasteiger partial charge in [-0.1, -0.05) is 252 Å². The van der Waals surface area contributed by atoms with Crippen LogP contribution in [-0.2, 0) is 18.4 Å². The Balaban J connectivity index is 3.81. The molecule has 71 heavy (non-hydrogen) atoms. The summed E-state index contributed by atoms with van der Waals surface area (Å²) in [6.45, 7) is 4.60. The first kappa shape index (κ1) is 68.4. The van der Waals surface area contributed by atoms with Crippen molar-refractivity contribution in [2.75, 3.05) is 40.9 Å². The lowest BCUT2D eigenvalue weighted by atomic mass is 10.0. The molecule has 0 aliphatic rings. The number of likely N-dealkylation sites (N-methyl/N-ethyl adjacent to an activating group) is 1. The van der Waals surface area contributed by atoms with Crippen molar-refractivity contribution in [3.05, 3.63) is 97.2 Å². The summed E-state index contributed by atoms with van der Waals surface area (Å²) in [6.07, 6.45) is 75.7. The summed E-state index contributed by atoms with van der Waals surface area (Å²) in [6, 6.07) is -0.862. The maximum atomic E-state index is 12.9. The van der Waals surface area contributed by atoms with Gasteiger partial charge in [0.05, 0.1) is 39.9 Å². The van der Waals surface area contributed by atoms with E-state index in [-0.39, 0.29) is 19.1 Å². The first-order valence-electron chi connectivity index (χ1n) is 29.1. The molecule has 0 aliphatic heterocycles. The SMILES string of the molecule is CC/C=C\C/C=C\C/C=C\C/C=C\C/C=C\C/C=C\CCCCCCCCCCCCCCCCCCCCCCCCC(=O)NC(COP(=O)(O)OCC[N+](C)(C)C)C(O)/C=C/CC/C=C/CCCC. The van der Waals surface area contributed by atoms with Gasteiger partial charge in [-0.25, -0.2) is 4.57 Å². The number of nitrogens with one attached hydrogen (secondary N) is 1. The van der Waals surface area contributed by atoms with E-state index >= 15 is 0 Å². The number of phosphoric ester groups is 1. The van der Waals surface area contributed by atoms with E-state index in [1.54, 1.807) is 6.08 Å². The molecule has 0 saturated carbocycles. The van der Waals surface area contributed by atoms with Crippen LogP contribution in [0.3, 0.4) is 0 Å². The van der Waals surface area contributed by atoms with E-state index in [1.807, 2.05) is 27.2 Å². The van der Waals surface area contributed by atoms with Crippen molar-refractivity contribution >= 4 is 13.7 Å². The molecule has 0 saturated heterocycles. The molecular formula is C62H112N2O6P+. The van der Waals surface area contributed by atoms with Gasteiger partial charge in [0.15, 0.2) is 0 Å². The maximum Gasteiger partial charge on any atom is 0.472 e. The number of hydrogen-bond acceptors (Lipinski definition) is 5. The van der Waals surface area contributed by atoms with Crippen LogP contribution >= 0.6 is 7.82 Å². The van der Waals surface area contributed by atoms with Crippen LogP contribution in [-0.4, -0.2) is 73.4 Å². The summed E-state index contributed by atoms with van der Waals surface area (Å²) in [5.41, 5.74) is 0. The molecule has 8 nitrogen and oxygen atoms in total. The second-order valence-electron chi connectivity index (χ2n) is 20.6. The van der Waals surface area contributed by atoms with Gasteiger partial charge in [0.2, 0.25) is 5.91 Å². The Kier molecular flexibility index (Phi) is 50.4. The maximum absolute atomic E-state index is 12.9. The second kappa shape index (κ2) is 52.3. The molecule has 0 heterocycles. The van der Waals surface area contributed by atoms with Crippen LogP contribution in [0, 0.1) is 0 Å². The number of hydrogen-bond donors (Lipinski definition) is 3. The lowest BCUT2D eigenvalue weighted by Crippen LogP contribution is -2.45. The molecular weight excluding hydrogens is 900 g/mol. The Hall–Kier alpha value is -2.58. The average molecular weight is 1010 g/mol. The fourth-order valence-electron chi connectivity index (χ4n) is 7.99. The molecule has 1 amide bonds. The molecule has 0 radical (unpaired) electrons. The van der Waals surface area contributed by atoms with Gasteiger partial charge >= 0.3 is 7.82 Å². The fraction of sp³-hybridized carbons (Fsp3) is 0.726. The van der Waals surface area contributed by atoms with Crippen molar-refractivity contribution in [2.45, 2.75) is 251 Å². The van der Waals surface area contributed by atoms with E-state index in [0.717, 1.165) is 77.0 Å². The van der Waals surface area contributed by atoms with Crippen molar-refractivity contribution in [3.63, 3.8) is 0 Å². The number of carbonyl (C=O) groups excluding carboxylic acids is 1. The molecule has 9 heteroatoms. The normalized spacial score (nSPS) is 14.6. The Morgan fingerprint density at radius 1 is 0.493 bits per heavy atom. The van der Waals surface area contributed by atoms with Crippen molar-refractivity contribution in [2.24, 2.45) is 0 Å². The number of aliphatic hydroxyl groups is 1. The molecule has 0 fully saturated rings. The minimum atomic E-state index is -4.34. The zero-order valence-corrected chi connectivity index (χ0v) is 47.6.